The first kappa shape index (κ1) is 18.3. The Labute approximate surface area is 131 Å². The van der Waals surface area contributed by atoms with Gasteiger partial charge in [-0.3, -0.25) is 14.4 Å². The summed E-state index contributed by atoms with van der Waals surface area (Å²) >= 11 is 0. The number of imide groups is 1. The van der Waals surface area contributed by atoms with E-state index in [4.69, 9.17) is 4.84 Å². The molecule has 0 spiro atoms. The van der Waals surface area contributed by atoms with Crippen molar-refractivity contribution < 1.29 is 24.0 Å². The molecule has 0 aromatic carbocycles. The zero-order chi connectivity index (χ0) is 16.8. The second-order valence-electron chi connectivity index (χ2n) is 6.63. The third-order valence-corrected chi connectivity index (χ3v) is 3.57. The Kier molecular flexibility index (Phi) is 6.71. The molecule has 1 aliphatic heterocycles. The molecule has 6 nitrogen and oxygen atoms in total. The van der Waals surface area contributed by atoms with Gasteiger partial charge in [-0.15, -0.1) is 5.06 Å². The van der Waals surface area contributed by atoms with E-state index < -0.39 is 17.8 Å². The molecule has 0 unspecified atom stereocenters. The van der Waals surface area contributed by atoms with Crippen LogP contribution in [0.1, 0.15) is 72.1 Å². The maximum Gasteiger partial charge on any atom is 0.333 e. The average Bonchev–Trinajstić information content (AvgIpc) is 2.73. The van der Waals surface area contributed by atoms with E-state index in [-0.39, 0.29) is 30.5 Å². The highest BCUT2D eigenvalue weighted by Crippen LogP contribution is 2.19. The quantitative estimate of drug-likeness (QED) is 0.508. The Balaban J connectivity index is 2.10. The summed E-state index contributed by atoms with van der Waals surface area (Å²) in [6.45, 7) is 5.73. The zero-order valence-electron chi connectivity index (χ0n) is 13.6. The molecule has 0 atom stereocenters. The minimum Gasteiger partial charge on any atom is -0.330 e. The van der Waals surface area contributed by atoms with E-state index in [1.165, 1.54) is 0 Å². The number of unbranched alkanes of at least 4 members (excludes halogenated alkanes) is 3. The second kappa shape index (κ2) is 8.06. The number of nitrogens with zero attached hydrogens (tertiary/aromatic N) is 1. The van der Waals surface area contributed by atoms with Gasteiger partial charge in [-0.2, -0.15) is 0 Å². The van der Waals surface area contributed by atoms with Crippen molar-refractivity contribution in [3.05, 3.63) is 0 Å². The molecule has 1 fully saturated rings. The van der Waals surface area contributed by atoms with Gasteiger partial charge in [-0.1, -0.05) is 33.6 Å². The molecule has 0 N–H and O–H groups in total. The zero-order valence-corrected chi connectivity index (χ0v) is 13.6. The van der Waals surface area contributed by atoms with Crippen LogP contribution in [-0.4, -0.2) is 28.6 Å². The number of carbonyl (C=O) groups is 4. The summed E-state index contributed by atoms with van der Waals surface area (Å²) in [6.07, 6.45) is 4.06. The van der Waals surface area contributed by atoms with Gasteiger partial charge in [0, 0.05) is 31.1 Å². The van der Waals surface area contributed by atoms with Crippen LogP contribution < -0.4 is 0 Å². The second-order valence-corrected chi connectivity index (χ2v) is 6.63. The largest absolute Gasteiger partial charge is 0.333 e. The maximum atomic E-state index is 11.7. The molecule has 1 aliphatic rings. The van der Waals surface area contributed by atoms with Crippen LogP contribution in [0.25, 0.3) is 0 Å². The molecule has 124 valence electrons. The molecule has 0 bridgehead atoms. The van der Waals surface area contributed by atoms with Crippen LogP contribution in [0.15, 0.2) is 0 Å². The molecular formula is C16H25NO5. The van der Waals surface area contributed by atoms with Crippen LogP contribution in [0.4, 0.5) is 0 Å². The van der Waals surface area contributed by atoms with E-state index in [2.05, 4.69) is 0 Å². The highest BCUT2D eigenvalue weighted by Gasteiger charge is 2.32. The first-order valence-corrected chi connectivity index (χ1v) is 7.81. The molecule has 2 amide bonds. The van der Waals surface area contributed by atoms with E-state index in [0.29, 0.717) is 17.9 Å². The Morgan fingerprint density at radius 2 is 1.45 bits per heavy atom. The van der Waals surface area contributed by atoms with Gasteiger partial charge in [0.2, 0.25) is 0 Å². The average molecular weight is 311 g/mol. The lowest BCUT2D eigenvalue weighted by atomic mass is 9.88. The molecule has 0 saturated carbocycles. The molecule has 6 heteroatoms. The van der Waals surface area contributed by atoms with Crippen LogP contribution in [0.2, 0.25) is 0 Å². The number of hydrogen-bond acceptors (Lipinski definition) is 5. The SMILES string of the molecule is CC(C)(C)C(=O)CCCCCCC(=O)ON1C(=O)CCC1=O. The summed E-state index contributed by atoms with van der Waals surface area (Å²) in [4.78, 5) is 50.6. The first-order chi connectivity index (χ1) is 10.2. The van der Waals surface area contributed by atoms with Crippen molar-refractivity contribution in [2.75, 3.05) is 0 Å². The molecule has 0 aromatic rings. The van der Waals surface area contributed by atoms with Crippen molar-refractivity contribution in [2.45, 2.75) is 72.1 Å². The van der Waals surface area contributed by atoms with E-state index in [1.807, 2.05) is 20.8 Å². The lowest BCUT2D eigenvalue weighted by Gasteiger charge is -2.16. The topological polar surface area (TPSA) is 80.8 Å². The van der Waals surface area contributed by atoms with Crippen LogP contribution in [0, 0.1) is 5.41 Å². The van der Waals surface area contributed by atoms with Crippen molar-refractivity contribution >= 4 is 23.6 Å². The van der Waals surface area contributed by atoms with E-state index in [9.17, 15) is 19.2 Å². The molecule has 22 heavy (non-hydrogen) atoms. The summed E-state index contributed by atoms with van der Waals surface area (Å²) in [5.74, 6) is -1.23. The third kappa shape index (κ3) is 5.95. The number of rotatable bonds is 8. The van der Waals surface area contributed by atoms with Crippen molar-refractivity contribution in [1.29, 1.82) is 0 Å². The number of Topliss-reactive ketones (excluding diaryl/α,β-unsaturated/α-hetero) is 1. The van der Waals surface area contributed by atoms with E-state index >= 15 is 0 Å². The van der Waals surface area contributed by atoms with Gasteiger partial charge in [0.05, 0.1) is 0 Å². The smallest absolute Gasteiger partial charge is 0.330 e. The fourth-order valence-corrected chi connectivity index (χ4v) is 2.09. The predicted octanol–water partition coefficient (Wildman–Crippen LogP) is 2.55. The fourth-order valence-electron chi connectivity index (χ4n) is 2.09. The molecule has 1 rings (SSSR count). The van der Waals surface area contributed by atoms with Crippen molar-refractivity contribution in [3.8, 4) is 0 Å². The fraction of sp³-hybridized carbons (Fsp3) is 0.750. The number of ketones is 1. The lowest BCUT2D eigenvalue weighted by Crippen LogP contribution is -2.31. The van der Waals surface area contributed by atoms with E-state index in [0.717, 1.165) is 19.3 Å². The van der Waals surface area contributed by atoms with Crippen LogP contribution >= 0.6 is 0 Å². The van der Waals surface area contributed by atoms with Gasteiger partial charge in [-0.05, 0) is 12.8 Å². The van der Waals surface area contributed by atoms with Gasteiger partial charge < -0.3 is 4.84 Å². The minimum atomic E-state index is -0.561. The van der Waals surface area contributed by atoms with Gasteiger partial charge in [0.1, 0.15) is 5.78 Å². The standard InChI is InChI=1S/C16H25NO5/c1-16(2,3)12(18)8-6-4-5-7-9-15(21)22-17-13(19)10-11-14(17)20/h4-11H2,1-3H3. The molecule has 0 radical (unpaired) electrons. The Bertz CT molecular complexity index is 434. The summed E-state index contributed by atoms with van der Waals surface area (Å²) in [5, 5.41) is 0.574. The van der Waals surface area contributed by atoms with Gasteiger partial charge >= 0.3 is 5.97 Å². The number of hydroxylamine groups is 2. The minimum absolute atomic E-state index is 0.105. The molecule has 1 saturated heterocycles. The number of hydrogen-bond donors (Lipinski definition) is 0. The number of carbonyl (C=O) groups excluding carboxylic acids is 4. The summed E-state index contributed by atoms with van der Waals surface area (Å²) in [7, 11) is 0. The van der Waals surface area contributed by atoms with Gasteiger partial charge in [0.15, 0.2) is 0 Å². The van der Waals surface area contributed by atoms with Crippen molar-refractivity contribution in [1.82, 2.24) is 5.06 Å². The monoisotopic (exact) mass is 311 g/mol. The van der Waals surface area contributed by atoms with E-state index in [1.54, 1.807) is 0 Å². The molecule has 0 aromatic heterocycles. The lowest BCUT2D eigenvalue weighted by molar-refractivity contribution is -0.197. The van der Waals surface area contributed by atoms with Crippen molar-refractivity contribution in [2.24, 2.45) is 5.41 Å². The van der Waals surface area contributed by atoms with Gasteiger partial charge in [-0.25, -0.2) is 4.79 Å². The Morgan fingerprint density at radius 3 is 1.95 bits per heavy atom. The summed E-state index contributed by atoms with van der Waals surface area (Å²) in [6, 6.07) is 0. The Morgan fingerprint density at radius 1 is 0.955 bits per heavy atom. The van der Waals surface area contributed by atoms with Crippen molar-refractivity contribution in [3.63, 3.8) is 0 Å². The summed E-state index contributed by atoms with van der Waals surface area (Å²) in [5.41, 5.74) is -0.293. The molecule has 0 aliphatic carbocycles. The van der Waals surface area contributed by atoms with Gasteiger partial charge in [0.25, 0.3) is 11.8 Å². The molecular weight excluding hydrogens is 286 g/mol. The highest BCUT2D eigenvalue weighted by molar-refractivity contribution is 6.01. The van der Waals surface area contributed by atoms with Crippen LogP contribution in [-0.2, 0) is 24.0 Å². The normalized spacial score (nSPS) is 15.3. The highest BCUT2D eigenvalue weighted by atomic mass is 16.7. The van der Waals surface area contributed by atoms with Crippen LogP contribution in [0.3, 0.4) is 0 Å². The maximum absolute atomic E-state index is 11.7. The number of amides is 2. The first-order valence-electron chi connectivity index (χ1n) is 7.81. The Hall–Kier alpha value is -1.72. The van der Waals surface area contributed by atoms with Crippen LogP contribution in [0.5, 0.6) is 0 Å². The predicted molar refractivity (Wildman–Crippen MR) is 79.3 cm³/mol. The summed E-state index contributed by atoms with van der Waals surface area (Å²) < 4.78 is 0. The molecule has 1 heterocycles. The third-order valence-electron chi connectivity index (χ3n) is 3.57.